The normalized spacial score (nSPS) is 12.6. The van der Waals surface area contributed by atoms with E-state index < -0.39 is 0 Å². The highest BCUT2D eigenvalue weighted by molar-refractivity contribution is 6.21. The predicted molar refractivity (Wildman–Crippen MR) is 266 cm³/mol. The maximum absolute atomic E-state index is 4.13. The van der Waals surface area contributed by atoms with Crippen molar-refractivity contribution in [2.24, 2.45) is 0 Å². The molecular weight excluding hydrogens is 749 g/mol. The van der Waals surface area contributed by atoms with E-state index in [1.807, 2.05) is 12.2 Å². The first-order valence-corrected chi connectivity index (χ1v) is 21.3. The average Bonchev–Trinajstić information content (AvgIpc) is 3.97. The van der Waals surface area contributed by atoms with Gasteiger partial charge < -0.3 is 9.13 Å². The first-order valence-electron chi connectivity index (χ1n) is 21.3. The van der Waals surface area contributed by atoms with Crippen molar-refractivity contribution in [3.05, 3.63) is 231 Å². The number of benzene rings is 10. The van der Waals surface area contributed by atoms with Crippen molar-refractivity contribution in [2.45, 2.75) is 0 Å². The molecule has 288 valence electrons. The summed E-state index contributed by atoms with van der Waals surface area (Å²) in [6.45, 7) is 8.25. The first kappa shape index (κ1) is 34.6. The van der Waals surface area contributed by atoms with E-state index in [0.717, 1.165) is 16.8 Å². The van der Waals surface area contributed by atoms with Gasteiger partial charge in [-0.3, -0.25) is 0 Å². The lowest BCUT2D eigenvalue weighted by Gasteiger charge is -2.13. The largest absolute Gasteiger partial charge is 0.309 e. The number of para-hydroxylation sites is 2. The number of hydrogen-bond acceptors (Lipinski definition) is 0. The third-order valence-corrected chi connectivity index (χ3v) is 13.4. The maximum Gasteiger partial charge on any atom is 0.0619 e. The standard InChI is InChI=1S/C60H38N2/c1-3-45-46(4-2)52-30-29-47(51-19-12-18-50(45)59(51)52)42-22-21-39-34-44(27-23-38(39)33-42)61-56-20-11-10-17-49(56)54-35-40(25-31-57(54)61)41-26-32-58-55(36-41)53-28-24-37-13-8-9-16-48(37)60(53)62(58)43-14-6-5-7-15-43/h3-36H,1-2H2. The molecule has 0 saturated heterocycles. The molecule has 0 spiro atoms. The van der Waals surface area contributed by atoms with Crippen molar-refractivity contribution >= 4 is 87.1 Å². The number of allylic oxidation sites excluding steroid dienone is 4. The fourth-order valence-electron chi connectivity index (χ4n) is 10.6. The van der Waals surface area contributed by atoms with Crippen LogP contribution in [0.15, 0.2) is 219 Å². The summed E-state index contributed by atoms with van der Waals surface area (Å²) in [6, 6.07) is 71.7. The van der Waals surface area contributed by atoms with Gasteiger partial charge in [0.1, 0.15) is 0 Å². The lowest BCUT2D eigenvalue weighted by atomic mass is 9.92. The summed E-state index contributed by atoms with van der Waals surface area (Å²) in [6.07, 6.45) is 3.92. The van der Waals surface area contributed by atoms with Gasteiger partial charge in [0, 0.05) is 38.3 Å². The van der Waals surface area contributed by atoms with Crippen molar-refractivity contribution in [3.8, 4) is 33.6 Å². The van der Waals surface area contributed by atoms with Gasteiger partial charge in [-0.15, -0.1) is 0 Å². The van der Waals surface area contributed by atoms with Crippen molar-refractivity contribution in [3.63, 3.8) is 0 Å². The van der Waals surface area contributed by atoms with Crippen LogP contribution in [0, 0.1) is 0 Å². The SMILES string of the molecule is C=CC1=C(C=C)c2ccc(-c3ccc4cc(-n5c6ccccc6c6cc(-c7ccc8c(c7)c7ccc9ccccc9c7n8-c7ccccc7)ccc65)ccc4c3)c3cccc1c23. The minimum Gasteiger partial charge on any atom is -0.309 e. The van der Waals surface area contributed by atoms with Gasteiger partial charge in [-0.25, -0.2) is 0 Å². The number of nitrogens with zero attached hydrogens (tertiary/aromatic N) is 2. The molecule has 0 radical (unpaired) electrons. The monoisotopic (exact) mass is 786 g/mol. The van der Waals surface area contributed by atoms with E-state index in [-0.39, 0.29) is 0 Å². The van der Waals surface area contributed by atoms with Crippen LogP contribution in [-0.4, -0.2) is 9.13 Å². The van der Waals surface area contributed by atoms with Gasteiger partial charge in [0.15, 0.2) is 0 Å². The van der Waals surface area contributed by atoms with Gasteiger partial charge in [0.05, 0.1) is 22.1 Å². The molecule has 0 unspecified atom stereocenters. The van der Waals surface area contributed by atoms with Crippen LogP contribution in [0.5, 0.6) is 0 Å². The second-order valence-electron chi connectivity index (χ2n) is 16.5. The van der Waals surface area contributed by atoms with Crippen LogP contribution < -0.4 is 0 Å². The minimum absolute atomic E-state index is 1.15. The highest BCUT2D eigenvalue weighted by Crippen LogP contribution is 2.46. The molecule has 0 amide bonds. The molecule has 0 bridgehead atoms. The van der Waals surface area contributed by atoms with E-state index in [0.29, 0.717) is 0 Å². The van der Waals surface area contributed by atoms with Gasteiger partial charge in [-0.1, -0.05) is 159 Å². The first-order chi connectivity index (χ1) is 30.7. The van der Waals surface area contributed by atoms with Crippen LogP contribution in [-0.2, 0) is 0 Å². The molecule has 0 aliphatic heterocycles. The lowest BCUT2D eigenvalue weighted by molar-refractivity contribution is 1.19. The molecule has 10 aromatic carbocycles. The molecule has 0 saturated carbocycles. The van der Waals surface area contributed by atoms with Crippen LogP contribution in [0.4, 0.5) is 0 Å². The van der Waals surface area contributed by atoms with Crippen molar-refractivity contribution < 1.29 is 0 Å². The van der Waals surface area contributed by atoms with Gasteiger partial charge in [-0.05, 0) is 132 Å². The summed E-state index contributed by atoms with van der Waals surface area (Å²) < 4.78 is 4.86. The summed E-state index contributed by atoms with van der Waals surface area (Å²) in [4.78, 5) is 0. The number of aromatic nitrogens is 2. The molecule has 1 aliphatic rings. The lowest BCUT2D eigenvalue weighted by Crippen LogP contribution is -1.94. The summed E-state index contributed by atoms with van der Waals surface area (Å²) in [5, 5.41) is 12.5. The second kappa shape index (κ2) is 13.1. The highest BCUT2D eigenvalue weighted by atomic mass is 15.0. The predicted octanol–water partition coefficient (Wildman–Crippen LogP) is 16.3. The Morgan fingerprint density at radius 1 is 0.323 bits per heavy atom. The van der Waals surface area contributed by atoms with E-state index in [1.54, 1.807) is 0 Å². The zero-order valence-corrected chi connectivity index (χ0v) is 33.9. The Hall–Kier alpha value is -8.20. The highest BCUT2D eigenvalue weighted by Gasteiger charge is 2.23. The van der Waals surface area contributed by atoms with E-state index in [4.69, 9.17) is 0 Å². The Bertz CT molecular complexity index is 3920. The number of fused-ring (bicyclic) bond motifs is 9. The van der Waals surface area contributed by atoms with Crippen LogP contribution in [0.1, 0.15) is 11.1 Å². The molecule has 2 nitrogen and oxygen atoms in total. The van der Waals surface area contributed by atoms with E-state index >= 15 is 0 Å². The van der Waals surface area contributed by atoms with Crippen molar-refractivity contribution in [1.82, 2.24) is 9.13 Å². The van der Waals surface area contributed by atoms with E-state index in [2.05, 4.69) is 216 Å². The molecule has 62 heavy (non-hydrogen) atoms. The van der Waals surface area contributed by atoms with Crippen LogP contribution in [0.25, 0.3) is 121 Å². The molecule has 2 heteroatoms. The number of hydrogen-bond donors (Lipinski definition) is 0. The zero-order chi connectivity index (χ0) is 41.1. The molecule has 12 aromatic rings. The molecule has 13 rings (SSSR count). The quantitative estimate of drug-likeness (QED) is 0.159. The zero-order valence-electron chi connectivity index (χ0n) is 33.9. The average molecular weight is 787 g/mol. The van der Waals surface area contributed by atoms with E-state index in [9.17, 15) is 0 Å². The Morgan fingerprint density at radius 2 is 0.919 bits per heavy atom. The Balaban J connectivity index is 0.924. The van der Waals surface area contributed by atoms with Crippen LogP contribution in [0.3, 0.4) is 0 Å². The van der Waals surface area contributed by atoms with E-state index in [1.165, 1.54) is 115 Å². The summed E-state index contributed by atoms with van der Waals surface area (Å²) in [5.74, 6) is 0. The molecule has 2 heterocycles. The summed E-state index contributed by atoms with van der Waals surface area (Å²) in [7, 11) is 0. The Labute approximate surface area is 358 Å². The third-order valence-electron chi connectivity index (χ3n) is 13.4. The van der Waals surface area contributed by atoms with Gasteiger partial charge >= 0.3 is 0 Å². The molecular formula is C60H38N2. The molecule has 0 atom stereocenters. The van der Waals surface area contributed by atoms with Crippen LogP contribution >= 0.6 is 0 Å². The topological polar surface area (TPSA) is 9.86 Å². The molecule has 1 aliphatic carbocycles. The smallest absolute Gasteiger partial charge is 0.0619 e. The molecule has 0 N–H and O–H groups in total. The second-order valence-corrected chi connectivity index (χ2v) is 16.5. The summed E-state index contributed by atoms with van der Waals surface area (Å²) >= 11 is 0. The van der Waals surface area contributed by atoms with Gasteiger partial charge in [0.2, 0.25) is 0 Å². The molecule has 2 aromatic heterocycles. The van der Waals surface area contributed by atoms with Crippen molar-refractivity contribution in [1.29, 1.82) is 0 Å². The maximum atomic E-state index is 4.13. The fourth-order valence-corrected chi connectivity index (χ4v) is 10.6. The third kappa shape index (κ3) is 4.86. The fraction of sp³-hybridized carbons (Fsp3) is 0. The van der Waals surface area contributed by atoms with Crippen LogP contribution in [0.2, 0.25) is 0 Å². The minimum atomic E-state index is 1.15. The van der Waals surface area contributed by atoms with Gasteiger partial charge in [-0.2, -0.15) is 0 Å². The molecule has 0 fully saturated rings. The Kier molecular flexibility index (Phi) is 7.35. The Morgan fingerprint density at radius 3 is 1.73 bits per heavy atom. The summed E-state index contributed by atoms with van der Waals surface area (Å²) in [5.41, 5.74) is 16.8. The van der Waals surface area contributed by atoms with Gasteiger partial charge in [0.25, 0.3) is 0 Å². The van der Waals surface area contributed by atoms with Crippen molar-refractivity contribution in [2.75, 3.05) is 0 Å². The number of rotatable bonds is 6.